The predicted molar refractivity (Wildman–Crippen MR) is 50.3 cm³/mol. The van der Waals surface area contributed by atoms with Gasteiger partial charge in [0.2, 0.25) is 0 Å². The molecule has 0 aliphatic heterocycles. The molecule has 0 N–H and O–H groups in total. The van der Waals surface area contributed by atoms with E-state index in [-0.39, 0.29) is 24.9 Å². The highest BCUT2D eigenvalue weighted by atomic mass is 32.2. The van der Waals surface area contributed by atoms with Crippen molar-refractivity contribution in [3.8, 4) is 0 Å². The Morgan fingerprint density at radius 3 is 2.64 bits per heavy atom. The van der Waals surface area contributed by atoms with Gasteiger partial charge in [0.15, 0.2) is 0 Å². The molecular formula is C8H16O5S. The van der Waals surface area contributed by atoms with Crippen LogP contribution in [0.1, 0.15) is 13.3 Å². The van der Waals surface area contributed by atoms with Gasteiger partial charge in [-0.05, 0) is 6.42 Å². The predicted octanol–water partition coefficient (Wildman–Crippen LogP) is 0.362. The number of ether oxygens (including phenoxy) is 2. The minimum absolute atomic E-state index is 0.0456. The van der Waals surface area contributed by atoms with Gasteiger partial charge in [-0.2, -0.15) is 8.42 Å². The van der Waals surface area contributed by atoms with E-state index in [0.29, 0.717) is 0 Å². The van der Waals surface area contributed by atoms with Crippen LogP contribution in [0.15, 0.2) is 0 Å². The first-order valence-electron chi connectivity index (χ1n) is 4.32. The molecule has 0 spiro atoms. The molecule has 0 saturated heterocycles. The summed E-state index contributed by atoms with van der Waals surface area (Å²) in [6.07, 6.45) is 1.90. The zero-order valence-electron chi connectivity index (χ0n) is 8.65. The topological polar surface area (TPSA) is 61.8 Å². The van der Waals surface area contributed by atoms with Crippen LogP contribution in [-0.4, -0.2) is 41.3 Å². The highest BCUT2D eigenvalue weighted by Gasteiger charge is 2.52. The van der Waals surface area contributed by atoms with E-state index < -0.39 is 10.1 Å². The van der Waals surface area contributed by atoms with Crippen molar-refractivity contribution in [1.82, 2.24) is 0 Å². The highest BCUT2D eigenvalue weighted by molar-refractivity contribution is 7.85. The van der Waals surface area contributed by atoms with Crippen molar-refractivity contribution >= 4 is 10.1 Å². The fraction of sp³-hybridized carbons (Fsp3) is 1.00. The van der Waals surface area contributed by atoms with Gasteiger partial charge in [0.05, 0.1) is 19.0 Å². The largest absolute Gasteiger partial charge is 0.359 e. The standard InChI is InChI=1S/C8H16O5S/c1-8(5-13-14(3,9)10)4-7(8)12-6-11-2/h7H,4-6H2,1-3H3. The molecule has 5 nitrogen and oxygen atoms in total. The van der Waals surface area contributed by atoms with E-state index >= 15 is 0 Å². The Kier molecular flexibility index (Phi) is 3.52. The van der Waals surface area contributed by atoms with Gasteiger partial charge in [-0.15, -0.1) is 0 Å². The average Bonchev–Trinajstić information content (AvgIpc) is 2.70. The second-order valence-corrected chi connectivity index (χ2v) is 5.53. The van der Waals surface area contributed by atoms with Crippen molar-refractivity contribution in [2.75, 3.05) is 26.8 Å². The molecule has 14 heavy (non-hydrogen) atoms. The van der Waals surface area contributed by atoms with Crippen LogP contribution in [0.4, 0.5) is 0 Å². The lowest BCUT2D eigenvalue weighted by atomic mass is 10.2. The average molecular weight is 224 g/mol. The third-order valence-corrected chi connectivity index (χ3v) is 2.80. The molecule has 6 heteroatoms. The molecule has 1 aliphatic rings. The molecule has 0 heterocycles. The molecule has 0 radical (unpaired) electrons. The van der Waals surface area contributed by atoms with Crippen LogP contribution < -0.4 is 0 Å². The van der Waals surface area contributed by atoms with E-state index in [9.17, 15) is 8.42 Å². The van der Waals surface area contributed by atoms with Gasteiger partial charge in [0.1, 0.15) is 6.79 Å². The van der Waals surface area contributed by atoms with E-state index in [4.69, 9.17) is 13.7 Å². The van der Waals surface area contributed by atoms with Crippen LogP contribution in [0.3, 0.4) is 0 Å². The maximum atomic E-state index is 10.7. The van der Waals surface area contributed by atoms with E-state index in [1.807, 2.05) is 6.92 Å². The van der Waals surface area contributed by atoms with Crippen LogP contribution in [0.25, 0.3) is 0 Å². The van der Waals surface area contributed by atoms with Gasteiger partial charge in [-0.1, -0.05) is 6.92 Å². The van der Waals surface area contributed by atoms with Crippen LogP contribution in [0.2, 0.25) is 0 Å². The molecule has 0 bridgehead atoms. The first kappa shape index (κ1) is 11.9. The molecule has 0 amide bonds. The minimum Gasteiger partial charge on any atom is -0.359 e. The highest BCUT2D eigenvalue weighted by Crippen LogP contribution is 2.48. The molecule has 1 saturated carbocycles. The van der Waals surface area contributed by atoms with Crippen LogP contribution in [0.5, 0.6) is 0 Å². The van der Waals surface area contributed by atoms with Crippen molar-refractivity contribution in [3.05, 3.63) is 0 Å². The van der Waals surface area contributed by atoms with Gasteiger partial charge in [0.25, 0.3) is 10.1 Å². The smallest absolute Gasteiger partial charge is 0.264 e. The monoisotopic (exact) mass is 224 g/mol. The first-order chi connectivity index (χ1) is 6.37. The Bertz CT molecular complexity index is 286. The van der Waals surface area contributed by atoms with Crippen molar-refractivity contribution in [3.63, 3.8) is 0 Å². The molecule has 2 atom stereocenters. The third-order valence-electron chi connectivity index (χ3n) is 2.26. The zero-order valence-corrected chi connectivity index (χ0v) is 9.46. The van der Waals surface area contributed by atoms with E-state index in [1.165, 1.54) is 0 Å². The molecule has 84 valence electrons. The van der Waals surface area contributed by atoms with Crippen molar-refractivity contribution in [1.29, 1.82) is 0 Å². The summed E-state index contributed by atoms with van der Waals surface area (Å²) >= 11 is 0. The lowest BCUT2D eigenvalue weighted by Gasteiger charge is -2.10. The fourth-order valence-electron chi connectivity index (χ4n) is 1.17. The quantitative estimate of drug-likeness (QED) is 0.481. The maximum absolute atomic E-state index is 10.7. The second kappa shape index (κ2) is 4.14. The lowest BCUT2D eigenvalue weighted by molar-refractivity contribution is -0.0524. The van der Waals surface area contributed by atoms with Gasteiger partial charge in [-0.3, -0.25) is 4.18 Å². The molecule has 1 fully saturated rings. The molecule has 0 aromatic rings. The van der Waals surface area contributed by atoms with Crippen molar-refractivity contribution < 1.29 is 22.1 Å². The van der Waals surface area contributed by atoms with Gasteiger partial charge < -0.3 is 9.47 Å². The molecular weight excluding hydrogens is 208 g/mol. The molecule has 1 rings (SSSR count). The normalized spacial score (nSPS) is 31.8. The second-order valence-electron chi connectivity index (χ2n) is 3.89. The molecule has 2 unspecified atom stereocenters. The van der Waals surface area contributed by atoms with Gasteiger partial charge in [-0.25, -0.2) is 0 Å². The maximum Gasteiger partial charge on any atom is 0.264 e. The summed E-state index contributed by atoms with van der Waals surface area (Å²) in [5.41, 5.74) is -0.179. The van der Waals surface area contributed by atoms with Crippen LogP contribution in [-0.2, 0) is 23.8 Å². The Morgan fingerprint density at radius 1 is 1.50 bits per heavy atom. The number of hydrogen-bond acceptors (Lipinski definition) is 5. The SMILES string of the molecule is COCOC1CC1(C)COS(C)(=O)=O. The van der Waals surface area contributed by atoms with Gasteiger partial charge in [0, 0.05) is 12.5 Å². The van der Waals surface area contributed by atoms with E-state index in [2.05, 4.69) is 0 Å². The zero-order chi connectivity index (χ0) is 10.8. The Hall–Kier alpha value is -0.170. The Balaban J connectivity index is 2.27. The van der Waals surface area contributed by atoms with Crippen molar-refractivity contribution in [2.45, 2.75) is 19.4 Å². The van der Waals surface area contributed by atoms with Gasteiger partial charge >= 0.3 is 0 Å². The van der Waals surface area contributed by atoms with E-state index in [0.717, 1.165) is 12.7 Å². The summed E-state index contributed by atoms with van der Waals surface area (Å²) in [4.78, 5) is 0. The minimum atomic E-state index is -3.35. The molecule has 0 aromatic carbocycles. The number of methoxy groups -OCH3 is 1. The fourth-order valence-corrected chi connectivity index (χ4v) is 1.65. The Morgan fingerprint density at radius 2 is 2.14 bits per heavy atom. The number of hydrogen-bond donors (Lipinski definition) is 0. The number of rotatable bonds is 6. The summed E-state index contributed by atoms with van der Waals surface area (Å²) in [5.74, 6) is 0. The third kappa shape index (κ3) is 3.53. The Labute approximate surface area is 84.5 Å². The summed E-state index contributed by atoms with van der Waals surface area (Å²) in [5, 5.41) is 0. The lowest BCUT2D eigenvalue weighted by Crippen LogP contribution is -2.16. The molecule has 0 aromatic heterocycles. The first-order valence-corrected chi connectivity index (χ1v) is 6.14. The summed E-state index contributed by atoms with van der Waals surface area (Å²) in [7, 11) is -1.80. The van der Waals surface area contributed by atoms with E-state index in [1.54, 1.807) is 7.11 Å². The summed E-state index contributed by atoms with van der Waals surface area (Å²) in [6, 6.07) is 0. The van der Waals surface area contributed by atoms with Crippen LogP contribution >= 0.6 is 0 Å². The van der Waals surface area contributed by atoms with Crippen molar-refractivity contribution in [2.24, 2.45) is 5.41 Å². The van der Waals surface area contributed by atoms with Crippen LogP contribution in [0, 0.1) is 5.41 Å². The summed E-state index contributed by atoms with van der Waals surface area (Å²) < 4.78 is 36.2. The summed E-state index contributed by atoms with van der Waals surface area (Å²) in [6.45, 7) is 2.35. The molecule has 1 aliphatic carbocycles.